The molecule has 0 N–H and O–H groups in total. The van der Waals surface area contributed by atoms with Crippen molar-refractivity contribution < 1.29 is 17.6 Å². The third kappa shape index (κ3) is 4.93. The van der Waals surface area contributed by atoms with Crippen molar-refractivity contribution in [1.82, 2.24) is 0 Å². The normalized spacial score (nSPS) is 11.5. The number of hydrogen-bond acceptors (Lipinski definition) is 1. The lowest BCUT2D eigenvalue weighted by Crippen LogP contribution is -2.07. The zero-order valence-corrected chi connectivity index (χ0v) is 16.0. The van der Waals surface area contributed by atoms with Crippen molar-refractivity contribution in [2.75, 3.05) is 19.0 Å². The Morgan fingerprint density at radius 2 is 0.966 bits per heavy atom. The van der Waals surface area contributed by atoms with Crippen LogP contribution in [0, 0.1) is 23.3 Å². The first kappa shape index (κ1) is 20.4. The molecule has 3 rings (SSSR count). The average Bonchev–Trinajstić information content (AvgIpc) is 2.72. The Morgan fingerprint density at radius 3 is 1.38 bits per heavy atom. The van der Waals surface area contributed by atoms with Crippen molar-refractivity contribution in [3.05, 3.63) is 100 Å². The summed E-state index contributed by atoms with van der Waals surface area (Å²) in [5.41, 5.74) is 3.00. The van der Waals surface area contributed by atoms with Crippen LogP contribution in [0.25, 0.3) is 24.3 Å². The first-order valence-electron chi connectivity index (χ1n) is 8.92. The summed E-state index contributed by atoms with van der Waals surface area (Å²) in [6, 6.07) is 15.5. The molecule has 0 heterocycles. The van der Waals surface area contributed by atoms with Crippen LogP contribution in [0.2, 0.25) is 0 Å². The lowest BCUT2D eigenvalue weighted by atomic mass is 10.1. The molecule has 0 amide bonds. The second-order valence-electron chi connectivity index (χ2n) is 6.70. The van der Waals surface area contributed by atoms with Crippen LogP contribution in [0.15, 0.2) is 54.6 Å². The van der Waals surface area contributed by atoms with Gasteiger partial charge in [0.15, 0.2) is 23.3 Å². The maximum atomic E-state index is 13.7. The van der Waals surface area contributed by atoms with E-state index in [2.05, 4.69) is 0 Å². The van der Waals surface area contributed by atoms with Gasteiger partial charge in [0.25, 0.3) is 0 Å². The maximum Gasteiger partial charge on any atom is 0.169 e. The second kappa shape index (κ2) is 8.78. The molecule has 0 saturated carbocycles. The lowest BCUT2D eigenvalue weighted by molar-refractivity contribution is 0.451. The molecule has 0 atom stereocenters. The van der Waals surface area contributed by atoms with E-state index < -0.39 is 28.8 Å². The van der Waals surface area contributed by atoms with Crippen LogP contribution >= 0.6 is 0 Å². The second-order valence-corrected chi connectivity index (χ2v) is 6.70. The van der Waals surface area contributed by atoms with E-state index in [1.807, 2.05) is 67.5 Å². The topological polar surface area (TPSA) is 3.24 Å². The van der Waals surface area contributed by atoms with E-state index >= 15 is 0 Å². The number of nitrogens with zero attached hydrogens (tertiary/aromatic N) is 1. The number of anilines is 1. The molecule has 1 nitrogen and oxygen atoms in total. The van der Waals surface area contributed by atoms with Crippen LogP contribution in [-0.2, 0) is 0 Å². The van der Waals surface area contributed by atoms with Gasteiger partial charge in [0.05, 0.1) is 5.56 Å². The van der Waals surface area contributed by atoms with Crippen molar-refractivity contribution in [3.63, 3.8) is 0 Å². The molecule has 0 aliphatic heterocycles. The fourth-order valence-electron chi connectivity index (χ4n) is 2.71. The summed E-state index contributed by atoms with van der Waals surface area (Å²) in [4.78, 5) is 2.02. The van der Waals surface area contributed by atoms with E-state index in [0.717, 1.165) is 22.9 Å². The predicted octanol–water partition coefficient (Wildman–Crippen LogP) is 6.65. The molecular formula is C24H19F4N. The van der Waals surface area contributed by atoms with Crippen molar-refractivity contribution in [3.8, 4) is 0 Å². The Labute approximate surface area is 167 Å². The number of rotatable bonds is 5. The van der Waals surface area contributed by atoms with Crippen molar-refractivity contribution >= 4 is 30.0 Å². The van der Waals surface area contributed by atoms with Crippen LogP contribution < -0.4 is 4.90 Å². The molecule has 148 valence electrons. The smallest absolute Gasteiger partial charge is 0.169 e. The SMILES string of the molecule is CN(C)c1ccc(/C=C/c2ccc(/C=C/c3c(F)c(F)cc(F)c3F)cc2)cc1. The highest BCUT2D eigenvalue weighted by molar-refractivity contribution is 5.73. The molecule has 0 radical (unpaired) electrons. The molecule has 29 heavy (non-hydrogen) atoms. The summed E-state index contributed by atoms with van der Waals surface area (Å²) in [6.45, 7) is 0. The molecule has 5 heteroatoms. The minimum absolute atomic E-state index is 0.192. The molecule has 0 aliphatic carbocycles. The third-order valence-corrected chi connectivity index (χ3v) is 4.40. The lowest BCUT2D eigenvalue weighted by Gasteiger charge is -2.11. The van der Waals surface area contributed by atoms with E-state index in [1.165, 1.54) is 6.08 Å². The molecule has 0 spiro atoms. The Hall–Kier alpha value is -3.34. The van der Waals surface area contributed by atoms with E-state index in [1.54, 1.807) is 12.1 Å². The van der Waals surface area contributed by atoms with Gasteiger partial charge in [-0.05, 0) is 34.9 Å². The Bertz CT molecular complexity index is 1020. The predicted molar refractivity (Wildman–Crippen MR) is 111 cm³/mol. The highest BCUT2D eigenvalue weighted by Crippen LogP contribution is 2.22. The molecule has 3 aromatic rings. The van der Waals surface area contributed by atoms with Gasteiger partial charge in [-0.1, -0.05) is 54.6 Å². The number of hydrogen-bond donors (Lipinski definition) is 0. The van der Waals surface area contributed by atoms with Gasteiger partial charge in [-0.15, -0.1) is 0 Å². The fraction of sp³-hybridized carbons (Fsp3) is 0.0833. The highest BCUT2D eigenvalue weighted by atomic mass is 19.2. The van der Waals surface area contributed by atoms with Crippen LogP contribution in [0.1, 0.15) is 22.3 Å². The van der Waals surface area contributed by atoms with Gasteiger partial charge in [0.2, 0.25) is 0 Å². The van der Waals surface area contributed by atoms with Gasteiger partial charge in [0.1, 0.15) is 0 Å². The summed E-state index contributed by atoms with van der Waals surface area (Å²) in [6.07, 6.45) is 6.34. The summed E-state index contributed by atoms with van der Waals surface area (Å²) in [5, 5.41) is 0. The van der Waals surface area contributed by atoms with Gasteiger partial charge >= 0.3 is 0 Å². The molecule has 0 unspecified atom stereocenters. The highest BCUT2D eigenvalue weighted by Gasteiger charge is 2.16. The first-order valence-corrected chi connectivity index (χ1v) is 8.92. The quantitative estimate of drug-likeness (QED) is 0.265. The third-order valence-electron chi connectivity index (χ3n) is 4.40. The van der Waals surface area contributed by atoms with Crippen LogP contribution in [0.5, 0.6) is 0 Å². The Balaban J connectivity index is 1.73. The monoisotopic (exact) mass is 397 g/mol. The molecule has 0 fully saturated rings. The molecular weight excluding hydrogens is 378 g/mol. The van der Waals surface area contributed by atoms with Gasteiger partial charge in [-0.25, -0.2) is 17.6 Å². The molecule has 3 aromatic carbocycles. The first-order chi connectivity index (χ1) is 13.8. The molecule has 0 saturated heterocycles. The van der Waals surface area contributed by atoms with E-state index in [4.69, 9.17) is 0 Å². The van der Waals surface area contributed by atoms with Gasteiger partial charge < -0.3 is 4.90 Å². The minimum atomic E-state index is -1.43. The van der Waals surface area contributed by atoms with Gasteiger partial charge in [0, 0.05) is 25.8 Å². The van der Waals surface area contributed by atoms with Crippen molar-refractivity contribution in [1.29, 1.82) is 0 Å². The largest absolute Gasteiger partial charge is 0.378 e. The zero-order chi connectivity index (χ0) is 21.0. The van der Waals surface area contributed by atoms with Gasteiger partial charge in [-0.3, -0.25) is 0 Å². The van der Waals surface area contributed by atoms with Crippen LogP contribution in [-0.4, -0.2) is 14.1 Å². The molecule has 0 bridgehead atoms. The number of benzene rings is 3. The van der Waals surface area contributed by atoms with E-state index in [9.17, 15) is 17.6 Å². The zero-order valence-electron chi connectivity index (χ0n) is 16.0. The Morgan fingerprint density at radius 1 is 0.586 bits per heavy atom. The summed E-state index contributed by atoms with van der Waals surface area (Å²) in [5.74, 6) is -5.69. The summed E-state index contributed by atoms with van der Waals surface area (Å²) < 4.78 is 53.9. The molecule has 0 aromatic heterocycles. The average molecular weight is 397 g/mol. The van der Waals surface area contributed by atoms with E-state index in [-0.39, 0.29) is 6.07 Å². The van der Waals surface area contributed by atoms with E-state index in [0.29, 0.717) is 5.56 Å². The van der Waals surface area contributed by atoms with Crippen molar-refractivity contribution in [2.45, 2.75) is 0 Å². The minimum Gasteiger partial charge on any atom is -0.378 e. The molecule has 0 aliphatic rings. The Kier molecular flexibility index (Phi) is 6.17. The van der Waals surface area contributed by atoms with Crippen molar-refractivity contribution in [2.24, 2.45) is 0 Å². The number of halogens is 4. The van der Waals surface area contributed by atoms with Crippen LogP contribution in [0.4, 0.5) is 23.2 Å². The fourth-order valence-corrected chi connectivity index (χ4v) is 2.71. The summed E-state index contributed by atoms with van der Waals surface area (Å²) >= 11 is 0. The van der Waals surface area contributed by atoms with Gasteiger partial charge in [-0.2, -0.15) is 0 Å². The van der Waals surface area contributed by atoms with Crippen LogP contribution in [0.3, 0.4) is 0 Å². The maximum absolute atomic E-state index is 13.7. The summed E-state index contributed by atoms with van der Waals surface area (Å²) in [7, 11) is 3.96. The standard InChI is InChI=1S/C24H19F4N/c1-29(2)19-12-9-18(10-13-19)8-5-16-3-6-17(7-4-16)11-14-20-23(27)21(25)15-22(26)24(20)28/h3-15H,1-2H3/b8-5+,14-11+.